The lowest BCUT2D eigenvalue weighted by molar-refractivity contribution is -0.751. The summed E-state index contributed by atoms with van der Waals surface area (Å²) in [6.07, 6.45) is 18.5. The van der Waals surface area contributed by atoms with E-state index in [1.165, 1.54) is 70.5 Å². The summed E-state index contributed by atoms with van der Waals surface area (Å²) < 4.78 is 0. The summed E-state index contributed by atoms with van der Waals surface area (Å²) in [5.41, 5.74) is 0. The molecular weight excluding hydrogens is 300 g/mol. The molecule has 0 aliphatic heterocycles. The Balaban J connectivity index is 2.95. The van der Waals surface area contributed by atoms with Crippen LogP contribution in [0, 0.1) is 0 Å². The summed E-state index contributed by atoms with van der Waals surface area (Å²) in [5, 5.41) is 16.5. The van der Waals surface area contributed by atoms with Crippen molar-refractivity contribution in [3.63, 3.8) is 0 Å². The second kappa shape index (κ2) is 21.3. The van der Waals surface area contributed by atoms with Crippen molar-refractivity contribution in [1.82, 2.24) is 0 Å². The SMILES string of the molecule is CC=COOOOOOCCCCCCCCCCCCCC. The van der Waals surface area contributed by atoms with Crippen LogP contribution in [0.15, 0.2) is 12.3 Å². The molecule has 0 aromatic carbocycles. The van der Waals surface area contributed by atoms with Gasteiger partial charge in [-0.2, -0.15) is 0 Å². The van der Waals surface area contributed by atoms with Crippen LogP contribution in [0.2, 0.25) is 0 Å². The Labute approximate surface area is 140 Å². The van der Waals surface area contributed by atoms with Gasteiger partial charge in [-0.15, -0.1) is 0 Å². The van der Waals surface area contributed by atoms with E-state index in [0.717, 1.165) is 12.8 Å². The highest BCUT2D eigenvalue weighted by Crippen LogP contribution is 2.11. The first-order valence-corrected chi connectivity index (χ1v) is 8.98. The summed E-state index contributed by atoms with van der Waals surface area (Å²) in [5.74, 6) is 0. The molecule has 0 aliphatic rings. The first-order valence-electron chi connectivity index (χ1n) is 8.98. The average Bonchev–Trinajstić information content (AvgIpc) is 2.57. The minimum atomic E-state index is 0.455. The van der Waals surface area contributed by atoms with Crippen molar-refractivity contribution in [3.8, 4) is 0 Å². The highest BCUT2D eigenvalue weighted by Gasteiger charge is 1.95. The first-order chi connectivity index (χ1) is 11.4. The lowest BCUT2D eigenvalue weighted by Crippen LogP contribution is -2.00. The minimum Gasteiger partial charge on any atom is -0.314 e. The fraction of sp³-hybridized carbons (Fsp3) is 0.882. The van der Waals surface area contributed by atoms with Gasteiger partial charge in [0.05, 0.1) is 6.61 Å². The zero-order valence-electron chi connectivity index (χ0n) is 14.8. The summed E-state index contributed by atoms with van der Waals surface area (Å²) in [6, 6.07) is 0. The molecule has 6 nitrogen and oxygen atoms in total. The Hall–Kier alpha value is -0.660. The van der Waals surface area contributed by atoms with Crippen LogP contribution < -0.4 is 0 Å². The van der Waals surface area contributed by atoms with Gasteiger partial charge in [0.2, 0.25) is 0 Å². The molecule has 0 heterocycles. The van der Waals surface area contributed by atoms with E-state index in [9.17, 15) is 0 Å². The number of allylic oxidation sites excluding steroid dienone is 1. The van der Waals surface area contributed by atoms with Crippen molar-refractivity contribution in [2.24, 2.45) is 0 Å². The lowest BCUT2D eigenvalue weighted by atomic mass is 10.1. The zero-order valence-corrected chi connectivity index (χ0v) is 14.8. The predicted octanol–water partition coefficient (Wildman–Crippen LogP) is 5.90. The molecule has 0 rings (SSSR count). The Bertz CT molecular complexity index is 235. The standard InChI is InChI=1S/C17H34O6/c1-3-5-6-7-8-9-10-11-12-13-14-15-17-19-21-23-22-20-18-16-4-2/h4,16H,3,5-15,17H2,1-2H3. The van der Waals surface area contributed by atoms with Crippen LogP contribution in [0.4, 0.5) is 0 Å². The lowest BCUT2D eigenvalue weighted by Gasteiger charge is -2.03. The number of unbranched alkanes of at least 4 members (excludes halogenated alkanes) is 11. The van der Waals surface area contributed by atoms with Crippen LogP contribution in [-0.4, -0.2) is 6.61 Å². The number of hydrogen-bond acceptors (Lipinski definition) is 6. The molecule has 0 saturated heterocycles. The molecular formula is C17H34O6. The molecule has 0 spiro atoms. The molecule has 23 heavy (non-hydrogen) atoms. The van der Waals surface area contributed by atoms with Gasteiger partial charge in [-0.05, 0) is 29.5 Å². The van der Waals surface area contributed by atoms with Crippen LogP contribution in [0.5, 0.6) is 0 Å². The zero-order chi connectivity index (χ0) is 16.8. The third-order valence-electron chi connectivity index (χ3n) is 3.44. The Morgan fingerprint density at radius 3 is 1.70 bits per heavy atom. The van der Waals surface area contributed by atoms with E-state index in [2.05, 4.69) is 32.0 Å². The highest BCUT2D eigenvalue weighted by molar-refractivity contribution is 4.62. The second-order valence-corrected chi connectivity index (χ2v) is 5.55. The monoisotopic (exact) mass is 334 g/mol. The third-order valence-corrected chi connectivity index (χ3v) is 3.44. The number of hydrogen-bond donors (Lipinski definition) is 0. The van der Waals surface area contributed by atoms with Gasteiger partial charge < -0.3 is 4.89 Å². The van der Waals surface area contributed by atoms with Crippen molar-refractivity contribution in [1.29, 1.82) is 0 Å². The Kier molecular flexibility index (Phi) is 20.7. The molecule has 0 aromatic heterocycles. The second-order valence-electron chi connectivity index (χ2n) is 5.55. The topological polar surface area (TPSA) is 55.4 Å². The summed E-state index contributed by atoms with van der Waals surface area (Å²) in [6.45, 7) is 4.47. The quantitative estimate of drug-likeness (QED) is 0.127. The van der Waals surface area contributed by atoms with Gasteiger partial charge in [-0.1, -0.05) is 77.6 Å². The van der Waals surface area contributed by atoms with Crippen molar-refractivity contribution >= 4 is 0 Å². The first kappa shape index (κ1) is 22.3. The van der Waals surface area contributed by atoms with Gasteiger partial charge in [0, 0.05) is 10.1 Å². The summed E-state index contributed by atoms with van der Waals surface area (Å²) in [4.78, 5) is 9.07. The minimum absolute atomic E-state index is 0.455. The third kappa shape index (κ3) is 21.3. The van der Waals surface area contributed by atoms with Crippen LogP contribution in [0.1, 0.15) is 90.9 Å². The van der Waals surface area contributed by atoms with Gasteiger partial charge in [-0.3, -0.25) is 0 Å². The van der Waals surface area contributed by atoms with Gasteiger partial charge in [0.25, 0.3) is 0 Å². The maximum atomic E-state index is 4.73. The molecule has 0 aromatic rings. The van der Waals surface area contributed by atoms with E-state index < -0.39 is 0 Å². The molecule has 0 aliphatic carbocycles. The van der Waals surface area contributed by atoms with E-state index in [1.54, 1.807) is 13.0 Å². The molecule has 6 heteroatoms. The maximum Gasteiger partial charge on any atom is 0.128 e. The van der Waals surface area contributed by atoms with Gasteiger partial charge in [0.15, 0.2) is 0 Å². The highest BCUT2D eigenvalue weighted by atomic mass is 17.8. The van der Waals surface area contributed by atoms with Crippen molar-refractivity contribution < 1.29 is 29.9 Å². The predicted molar refractivity (Wildman–Crippen MR) is 87.3 cm³/mol. The normalized spacial score (nSPS) is 11.4. The van der Waals surface area contributed by atoms with Gasteiger partial charge in [-0.25, -0.2) is 4.89 Å². The van der Waals surface area contributed by atoms with Crippen LogP contribution in [0.25, 0.3) is 0 Å². The summed E-state index contributed by atoms with van der Waals surface area (Å²) in [7, 11) is 0. The largest absolute Gasteiger partial charge is 0.314 e. The van der Waals surface area contributed by atoms with Crippen molar-refractivity contribution in [2.45, 2.75) is 90.9 Å². The summed E-state index contributed by atoms with van der Waals surface area (Å²) >= 11 is 0. The maximum absolute atomic E-state index is 4.73. The van der Waals surface area contributed by atoms with Crippen molar-refractivity contribution in [3.05, 3.63) is 12.3 Å². The fourth-order valence-electron chi connectivity index (χ4n) is 2.17. The molecule has 0 atom stereocenters. The van der Waals surface area contributed by atoms with Crippen LogP contribution in [-0.2, 0) is 29.9 Å². The van der Waals surface area contributed by atoms with Crippen LogP contribution >= 0.6 is 0 Å². The Morgan fingerprint density at radius 2 is 1.13 bits per heavy atom. The fourth-order valence-corrected chi connectivity index (χ4v) is 2.17. The van der Waals surface area contributed by atoms with Crippen molar-refractivity contribution in [2.75, 3.05) is 6.61 Å². The van der Waals surface area contributed by atoms with E-state index in [-0.39, 0.29) is 0 Å². The molecule has 0 saturated carbocycles. The van der Waals surface area contributed by atoms with E-state index in [4.69, 9.17) is 4.89 Å². The number of rotatable bonds is 19. The molecule has 0 bridgehead atoms. The van der Waals surface area contributed by atoms with Gasteiger partial charge >= 0.3 is 0 Å². The van der Waals surface area contributed by atoms with E-state index in [1.807, 2.05) is 0 Å². The van der Waals surface area contributed by atoms with E-state index >= 15 is 0 Å². The molecule has 0 radical (unpaired) electrons. The van der Waals surface area contributed by atoms with E-state index in [0.29, 0.717) is 6.61 Å². The molecule has 138 valence electrons. The van der Waals surface area contributed by atoms with Gasteiger partial charge in [0.1, 0.15) is 6.26 Å². The molecule has 0 N–H and O–H groups in total. The average molecular weight is 334 g/mol. The smallest absolute Gasteiger partial charge is 0.128 e. The molecule has 0 amide bonds. The Morgan fingerprint density at radius 1 is 0.609 bits per heavy atom. The molecule has 0 unspecified atom stereocenters. The molecule has 0 fully saturated rings. The van der Waals surface area contributed by atoms with Crippen LogP contribution in [0.3, 0.4) is 0 Å².